The van der Waals surface area contributed by atoms with E-state index in [2.05, 4.69) is 4.90 Å². The molecule has 0 spiro atoms. The number of nitrogens with zero attached hydrogens (tertiary/aromatic N) is 1. The standard InChI is InChI=1S/C9H10ClNO2S/c10-8-1-6(5-14-8)2-11-3-7(4-11)9(12)13/h1,5,7H,2-4H2,(H,12,13). The SMILES string of the molecule is O=C(O)C1CN(Cc2csc(Cl)c2)C1. The van der Waals surface area contributed by atoms with Crippen molar-refractivity contribution in [1.82, 2.24) is 4.90 Å². The molecule has 0 bridgehead atoms. The molecule has 0 radical (unpaired) electrons. The summed E-state index contributed by atoms with van der Waals surface area (Å²) in [6.45, 7) is 2.12. The molecule has 2 heterocycles. The summed E-state index contributed by atoms with van der Waals surface area (Å²) >= 11 is 7.30. The van der Waals surface area contributed by atoms with Crippen LogP contribution in [0.15, 0.2) is 11.4 Å². The van der Waals surface area contributed by atoms with Crippen LogP contribution in [-0.2, 0) is 11.3 Å². The van der Waals surface area contributed by atoms with Crippen molar-refractivity contribution in [3.05, 3.63) is 21.3 Å². The predicted molar refractivity (Wildman–Crippen MR) is 55.7 cm³/mol. The highest BCUT2D eigenvalue weighted by Gasteiger charge is 2.32. The molecular weight excluding hydrogens is 222 g/mol. The highest BCUT2D eigenvalue weighted by molar-refractivity contribution is 7.14. The maximum Gasteiger partial charge on any atom is 0.309 e. The van der Waals surface area contributed by atoms with E-state index in [1.54, 1.807) is 0 Å². The predicted octanol–water partition coefficient (Wildman–Crippen LogP) is 1.92. The lowest BCUT2D eigenvalue weighted by Crippen LogP contribution is -2.49. The average Bonchev–Trinajstić information content (AvgIpc) is 2.42. The minimum atomic E-state index is -0.690. The summed E-state index contributed by atoms with van der Waals surface area (Å²) in [5.74, 6) is -0.867. The number of aliphatic carboxylic acids is 1. The lowest BCUT2D eigenvalue weighted by atomic mass is 10.0. The van der Waals surface area contributed by atoms with Crippen LogP contribution in [0.25, 0.3) is 0 Å². The molecule has 1 aliphatic rings. The van der Waals surface area contributed by atoms with Gasteiger partial charge in [0.2, 0.25) is 0 Å². The third-order valence-corrected chi connectivity index (χ3v) is 3.47. The summed E-state index contributed by atoms with van der Waals surface area (Å²) in [4.78, 5) is 12.6. The third kappa shape index (κ3) is 2.08. The molecule has 1 aliphatic heterocycles. The highest BCUT2D eigenvalue weighted by Crippen LogP contribution is 2.24. The topological polar surface area (TPSA) is 40.5 Å². The van der Waals surface area contributed by atoms with Gasteiger partial charge in [-0.15, -0.1) is 11.3 Å². The van der Waals surface area contributed by atoms with Crippen molar-refractivity contribution in [3.8, 4) is 0 Å². The van der Waals surface area contributed by atoms with Crippen LogP contribution in [-0.4, -0.2) is 29.1 Å². The molecule has 76 valence electrons. The number of carboxylic acids is 1. The van der Waals surface area contributed by atoms with Crippen LogP contribution in [0.3, 0.4) is 0 Å². The van der Waals surface area contributed by atoms with Gasteiger partial charge in [0.05, 0.1) is 10.3 Å². The second-order valence-corrected chi connectivity index (χ2v) is 5.03. The molecule has 0 amide bonds. The van der Waals surface area contributed by atoms with Crippen LogP contribution in [0.2, 0.25) is 4.34 Å². The Morgan fingerprint density at radius 2 is 2.43 bits per heavy atom. The van der Waals surface area contributed by atoms with Crippen molar-refractivity contribution < 1.29 is 9.90 Å². The fourth-order valence-corrected chi connectivity index (χ4v) is 2.44. The van der Waals surface area contributed by atoms with Crippen LogP contribution in [0.5, 0.6) is 0 Å². The van der Waals surface area contributed by atoms with Crippen LogP contribution < -0.4 is 0 Å². The van der Waals surface area contributed by atoms with Crippen molar-refractivity contribution in [2.24, 2.45) is 5.92 Å². The quantitative estimate of drug-likeness (QED) is 0.864. The largest absolute Gasteiger partial charge is 0.481 e. The van der Waals surface area contributed by atoms with Crippen molar-refractivity contribution in [3.63, 3.8) is 0 Å². The summed E-state index contributed by atoms with van der Waals surface area (Å²) in [7, 11) is 0. The van der Waals surface area contributed by atoms with Gasteiger partial charge in [-0.3, -0.25) is 9.69 Å². The number of thiophene rings is 1. The maximum absolute atomic E-state index is 10.5. The number of rotatable bonds is 3. The zero-order chi connectivity index (χ0) is 10.1. The fourth-order valence-electron chi connectivity index (χ4n) is 1.54. The van der Waals surface area contributed by atoms with E-state index in [1.165, 1.54) is 16.9 Å². The number of hydrogen-bond acceptors (Lipinski definition) is 3. The zero-order valence-electron chi connectivity index (χ0n) is 7.44. The van der Waals surface area contributed by atoms with Gasteiger partial charge in [-0.05, 0) is 17.0 Å². The van der Waals surface area contributed by atoms with E-state index in [0.29, 0.717) is 13.1 Å². The Hall–Kier alpha value is -0.580. The van der Waals surface area contributed by atoms with E-state index in [9.17, 15) is 4.79 Å². The van der Waals surface area contributed by atoms with Gasteiger partial charge in [-0.25, -0.2) is 0 Å². The van der Waals surface area contributed by atoms with Gasteiger partial charge >= 0.3 is 5.97 Å². The average molecular weight is 232 g/mol. The normalized spacial score (nSPS) is 18.1. The number of carboxylic acid groups (broad SMARTS) is 1. The van der Waals surface area contributed by atoms with Gasteiger partial charge in [0.25, 0.3) is 0 Å². The number of carbonyl (C=O) groups is 1. The second kappa shape index (κ2) is 3.88. The number of likely N-dealkylation sites (tertiary alicyclic amines) is 1. The van der Waals surface area contributed by atoms with Crippen LogP contribution in [0, 0.1) is 5.92 Å². The van der Waals surface area contributed by atoms with Gasteiger partial charge in [-0.2, -0.15) is 0 Å². The molecule has 0 saturated carbocycles. The molecule has 1 fully saturated rings. The van der Waals surface area contributed by atoms with Crippen LogP contribution >= 0.6 is 22.9 Å². The van der Waals surface area contributed by atoms with Gasteiger partial charge < -0.3 is 5.11 Å². The van der Waals surface area contributed by atoms with Crippen molar-refractivity contribution >= 4 is 28.9 Å². The lowest BCUT2D eigenvalue weighted by Gasteiger charge is -2.36. The molecule has 0 aliphatic carbocycles. The summed E-state index contributed by atoms with van der Waals surface area (Å²) < 4.78 is 0.787. The maximum atomic E-state index is 10.5. The van der Waals surface area contributed by atoms with Gasteiger partial charge in [0, 0.05) is 19.6 Å². The first-order chi connectivity index (χ1) is 6.65. The molecule has 0 unspecified atom stereocenters. The molecule has 0 aromatic carbocycles. The van der Waals surface area contributed by atoms with E-state index >= 15 is 0 Å². The molecular formula is C9H10ClNO2S. The van der Waals surface area contributed by atoms with E-state index < -0.39 is 5.97 Å². The molecule has 0 atom stereocenters. The summed E-state index contributed by atoms with van der Waals surface area (Å²) in [5.41, 5.74) is 1.17. The number of hydrogen-bond donors (Lipinski definition) is 1. The van der Waals surface area contributed by atoms with Crippen molar-refractivity contribution in [1.29, 1.82) is 0 Å². The second-order valence-electron chi connectivity index (χ2n) is 3.49. The molecule has 1 aromatic heterocycles. The molecule has 14 heavy (non-hydrogen) atoms. The Bertz CT molecular complexity index is 346. The van der Waals surface area contributed by atoms with Gasteiger partial charge in [-0.1, -0.05) is 11.6 Å². The smallest absolute Gasteiger partial charge is 0.309 e. The minimum absolute atomic E-state index is 0.177. The first-order valence-corrected chi connectivity index (χ1v) is 5.59. The first kappa shape index (κ1) is 9.96. The minimum Gasteiger partial charge on any atom is -0.481 e. The van der Waals surface area contributed by atoms with E-state index in [0.717, 1.165) is 10.9 Å². The first-order valence-electron chi connectivity index (χ1n) is 4.33. The molecule has 1 saturated heterocycles. The Kier molecular flexibility index (Phi) is 2.76. The Balaban J connectivity index is 1.82. The van der Waals surface area contributed by atoms with Gasteiger partial charge in [0.1, 0.15) is 0 Å². The molecule has 1 N–H and O–H groups in total. The van der Waals surface area contributed by atoms with Crippen molar-refractivity contribution in [2.45, 2.75) is 6.54 Å². The van der Waals surface area contributed by atoms with Gasteiger partial charge in [0.15, 0.2) is 0 Å². The van der Waals surface area contributed by atoms with Crippen molar-refractivity contribution in [2.75, 3.05) is 13.1 Å². The Morgan fingerprint density at radius 3 is 2.93 bits per heavy atom. The summed E-state index contributed by atoms with van der Waals surface area (Å²) in [5, 5.41) is 10.7. The molecule has 3 nitrogen and oxygen atoms in total. The van der Waals surface area contributed by atoms with E-state index in [1.807, 2.05) is 11.4 Å². The fraction of sp³-hybridized carbons (Fsp3) is 0.444. The van der Waals surface area contributed by atoms with Crippen LogP contribution in [0.4, 0.5) is 0 Å². The highest BCUT2D eigenvalue weighted by atomic mass is 35.5. The van der Waals surface area contributed by atoms with E-state index in [4.69, 9.17) is 16.7 Å². The molecule has 5 heteroatoms. The van der Waals surface area contributed by atoms with E-state index in [-0.39, 0.29) is 5.92 Å². The summed E-state index contributed by atoms with van der Waals surface area (Å²) in [6, 6.07) is 1.93. The van der Waals surface area contributed by atoms with Crippen LogP contribution in [0.1, 0.15) is 5.56 Å². The monoisotopic (exact) mass is 231 g/mol. The summed E-state index contributed by atoms with van der Waals surface area (Å²) in [6.07, 6.45) is 0. The molecule has 2 rings (SSSR count). The Labute approximate surface area is 90.9 Å². The lowest BCUT2D eigenvalue weighted by molar-refractivity contribution is -0.147. The number of halogens is 1. The Morgan fingerprint density at radius 1 is 1.71 bits per heavy atom. The zero-order valence-corrected chi connectivity index (χ0v) is 9.01. The molecule has 1 aromatic rings. The third-order valence-electron chi connectivity index (χ3n) is 2.33.